The van der Waals surface area contributed by atoms with Gasteiger partial charge in [-0.25, -0.2) is 9.97 Å². The first kappa shape index (κ1) is 14.3. The van der Waals surface area contributed by atoms with E-state index in [0.29, 0.717) is 5.82 Å². The summed E-state index contributed by atoms with van der Waals surface area (Å²) in [7, 11) is 0. The maximum atomic E-state index is 9.64. The smallest absolute Gasteiger partial charge is 0.163 e. The highest BCUT2D eigenvalue weighted by Crippen LogP contribution is 2.51. The van der Waals surface area contributed by atoms with E-state index in [0.717, 1.165) is 11.0 Å². The first-order valence-corrected chi connectivity index (χ1v) is 8.13. The van der Waals surface area contributed by atoms with Crippen molar-refractivity contribution in [3.8, 4) is 0 Å². The quantitative estimate of drug-likeness (QED) is 0.856. The summed E-state index contributed by atoms with van der Waals surface area (Å²) in [5.74, 6) is -0.176. The Labute approximate surface area is 131 Å². The normalized spacial score (nSPS) is 33.4. The highest BCUT2D eigenvalue weighted by Gasteiger charge is 2.55. The minimum absolute atomic E-state index is 0.0178. The lowest BCUT2D eigenvalue weighted by Crippen LogP contribution is -2.30. The van der Waals surface area contributed by atoms with Crippen molar-refractivity contribution in [2.24, 2.45) is 0 Å². The topological polar surface area (TPSA) is 95.4 Å². The Morgan fingerprint density at radius 1 is 1.36 bits per heavy atom. The molecule has 4 rings (SSSR count). The number of fused-ring (bicyclic) bond motifs is 2. The van der Waals surface area contributed by atoms with Crippen molar-refractivity contribution in [3.63, 3.8) is 0 Å². The number of hydrogen-bond acceptors (Lipinski definition) is 7. The lowest BCUT2D eigenvalue weighted by Gasteiger charge is -2.23. The van der Waals surface area contributed by atoms with E-state index in [9.17, 15) is 5.11 Å². The summed E-state index contributed by atoms with van der Waals surface area (Å²) < 4.78 is 14.1. The third-order valence-corrected chi connectivity index (χ3v) is 5.66. The molecular weight excluding hydrogens is 304 g/mol. The number of hydrogen-bond donors (Lipinski definition) is 2. The summed E-state index contributed by atoms with van der Waals surface area (Å²) in [5.41, 5.74) is 6.68. The van der Waals surface area contributed by atoms with Gasteiger partial charge in [0, 0.05) is 6.20 Å². The molecule has 0 saturated carbocycles. The van der Waals surface area contributed by atoms with Crippen LogP contribution in [0.5, 0.6) is 0 Å². The summed E-state index contributed by atoms with van der Waals surface area (Å²) in [5, 5.41) is 10.4. The van der Waals surface area contributed by atoms with Crippen molar-refractivity contribution < 1.29 is 14.6 Å². The zero-order valence-corrected chi connectivity index (χ0v) is 13.2. The Morgan fingerprint density at radius 3 is 2.91 bits per heavy atom. The molecule has 0 spiro atoms. The molecule has 4 heterocycles. The van der Waals surface area contributed by atoms with Crippen LogP contribution in [0.15, 0.2) is 18.6 Å². The SMILES string of the molecule is CC1(C)O[C@@H]2[C@H](O1)[C@@H](CO)S[C@H]2n1ccc2c(N)ncnc21. The number of aromatic nitrogens is 3. The predicted molar refractivity (Wildman–Crippen MR) is 83.3 cm³/mol. The zero-order valence-electron chi connectivity index (χ0n) is 12.3. The van der Waals surface area contributed by atoms with E-state index < -0.39 is 5.79 Å². The molecule has 0 amide bonds. The second-order valence-electron chi connectivity index (χ2n) is 6.03. The fraction of sp³-hybridized carbons (Fsp3) is 0.571. The number of aliphatic hydroxyl groups excluding tert-OH is 1. The van der Waals surface area contributed by atoms with E-state index in [-0.39, 0.29) is 29.4 Å². The maximum Gasteiger partial charge on any atom is 0.163 e. The van der Waals surface area contributed by atoms with Gasteiger partial charge >= 0.3 is 0 Å². The fourth-order valence-corrected chi connectivity index (χ4v) is 4.70. The van der Waals surface area contributed by atoms with E-state index >= 15 is 0 Å². The first-order valence-electron chi connectivity index (χ1n) is 7.19. The number of nitrogen functional groups attached to an aromatic ring is 1. The molecule has 2 fully saturated rings. The molecule has 2 aromatic heterocycles. The highest BCUT2D eigenvalue weighted by molar-refractivity contribution is 8.00. The molecule has 2 aliphatic rings. The van der Waals surface area contributed by atoms with Gasteiger partial charge in [0.15, 0.2) is 5.79 Å². The van der Waals surface area contributed by atoms with E-state index in [1.54, 1.807) is 11.8 Å². The monoisotopic (exact) mass is 322 g/mol. The molecule has 118 valence electrons. The fourth-order valence-electron chi connectivity index (χ4n) is 3.23. The van der Waals surface area contributed by atoms with Crippen LogP contribution in [0.25, 0.3) is 11.0 Å². The molecule has 0 aromatic carbocycles. The second-order valence-corrected chi connectivity index (χ2v) is 7.39. The van der Waals surface area contributed by atoms with Gasteiger partial charge in [-0.3, -0.25) is 0 Å². The largest absolute Gasteiger partial charge is 0.395 e. The average molecular weight is 322 g/mol. The van der Waals surface area contributed by atoms with Crippen molar-refractivity contribution in [1.29, 1.82) is 0 Å². The Bertz CT molecular complexity index is 719. The van der Waals surface area contributed by atoms with Crippen LogP contribution >= 0.6 is 11.8 Å². The van der Waals surface area contributed by atoms with Gasteiger partial charge < -0.3 is 24.9 Å². The second kappa shape index (κ2) is 4.82. The van der Waals surface area contributed by atoms with E-state index in [4.69, 9.17) is 15.2 Å². The Hall–Kier alpha value is -1.35. The van der Waals surface area contributed by atoms with Gasteiger partial charge in [-0.15, -0.1) is 11.8 Å². The summed E-state index contributed by atoms with van der Waals surface area (Å²) in [6.45, 7) is 3.85. The summed E-state index contributed by atoms with van der Waals surface area (Å²) in [6, 6.07) is 1.91. The van der Waals surface area contributed by atoms with Crippen molar-refractivity contribution in [3.05, 3.63) is 18.6 Å². The van der Waals surface area contributed by atoms with Crippen LogP contribution in [0.4, 0.5) is 5.82 Å². The Balaban J connectivity index is 1.77. The molecule has 0 aliphatic carbocycles. The number of ether oxygens (including phenoxy) is 2. The molecule has 3 N–H and O–H groups in total. The Morgan fingerprint density at radius 2 is 2.14 bits per heavy atom. The zero-order chi connectivity index (χ0) is 15.5. The third kappa shape index (κ3) is 2.02. The lowest BCUT2D eigenvalue weighted by atomic mass is 10.1. The van der Waals surface area contributed by atoms with Gasteiger partial charge in [0.25, 0.3) is 0 Å². The molecule has 2 aliphatic heterocycles. The minimum atomic E-state index is -0.640. The van der Waals surface area contributed by atoms with E-state index in [2.05, 4.69) is 9.97 Å². The summed E-state index contributed by atoms with van der Waals surface area (Å²) in [6.07, 6.45) is 3.14. The molecule has 0 unspecified atom stereocenters. The van der Waals surface area contributed by atoms with Gasteiger partial charge in [-0.1, -0.05) is 0 Å². The summed E-state index contributed by atoms with van der Waals surface area (Å²) >= 11 is 1.64. The molecular formula is C14H18N4O3S. The Kier molecular flexibility index (Phi) is 3.12. The molecule has 8 heteroatoms. The molecule has 7 nitrogen and oxygen atoms in total. The summed E-state index contributed by atoms with van der Waals surface area (Å²) in [4.78, 5) is 8.37. The number of nitrogens with two attached hydrogens (primary N) is 1. The molecule has 0 radical (unpaired) electrons. The van der Waals surface area contributed by atoms with Crippen molar-refractivity contribution in [2.45, 2.75) is 42.5 Å². The van der Waals surface area contributed by atoms with Crippen molar-refractivity contribution in [2.75, 3.05) is 12.3 Å². The van der Waals surface area contributed by atoms with E-state index in [1.165, 1.54) is 6.33 Å². The van der Waals surface area contributed by atoms with Gasteiger partial charge in [-0.2, -0.15) is 0 Å². The number of rotatable bonds is 2. The van der Waals surface area contributed by atoms with Crippen LogP contribution in [-0.2, 0) is 9.47 Å². The van der Waals surface area contributed by atoms with Gasteiger partial charge in [0.1, 0.15) is 35.4 Å². The third-order valence-electron chi connectivity index (χ3n) is 4.12. The molecule has 0 bridgehead atoms. The number of nitrogens with zero attached hydrogens (tertiary/aromatic N) is 3. The standard InChI is InChI=1S/C14H18N4O3S/c1-14(2)20-9-8(5-19)22-13(10(9)21-14)18-4-3-7-11(15)16-6-17-12(7)18/h3-4,6,8-10,13,19H,5H2,1-2H3,(H2,15,16,17)/t8-,9-,10-,13-/m1/s1. The average Bonchev–Trinajstić information content (AvgIpc) is 3.10. The van der Waals surface area contributed by atoms with Crippen LogP contribution in [-0.4, -0.2) is 49.5 Å². The number of anilines is 1. The van der Waals surface area contributed by atoms with Gasteiger partial charge in [0.05, 0.1) is 17.2 Å². The number of thioether (sulfide) groups is 1. The minimum Gasteiger partial charge on any atom is -0.395 e. The van der Waals surface area contributed by atoms with Crippen LogP contribution < -0.4 is 5.73 Å². The van der Waals surface area contributed by atoms with Crippen molar-refractivity contribution in [1.82, 2.24) is 14.5 Å². The molecule has 22 heavy (non-hydrogen) atoms. The van der Waals surface area contributed by atoms with Crippen LogP contribution in [0.2, 0.25) is 0 Å². The van der Waals surface area contributed by atoms with Crippen LogP contribution in [0.3, 0.4) is 0 Å². The van der Waals surface area contributed by atoms with Gasteiger partial charge in [-0.05, 0) is 19.9 Å². The molecule has 4 atom stereocenters. The highest BCUT2D eigenvalue weighted by atomic mass is 32.2. The predicted octanol–water partition coefficient (Wildman–Crippen LogP) is 1.14. The maximum absolute atomic E-state index is 9.64. The number of aliphatic hydroxyl groups is 1. The van der Waals surface area contributed by atoms with Crippen LogP contribution in [0.1, 0.15) is 19.2 Å². The molecule has 2 aromatic rings. The first-order chi connectivity index (χ1) is 10.5. The van der Waals surface area contributed by atoms with Gasteiger partial charge in [0.2, 0.25) is 0 Å². The molecule has 2 saturated heterocycles. The van der Waals surface area contributed by atoms with Crippen LogP contribution in [0, 0.1) is 0 Å². The van der Waals surface area contributed by atoms with Crippen molar-refractivity contribution >= 4 is 28.6 Å². The lowest BCUT2D eigenvalue weighted by molar-refractivity contribution is -0.149. The van der Waals surface area contributed by atoms with E-state index in [1.807, 2.05) is 30.7 Å².